The average molecular weight is 314 g/mol. The zero-order valence-electron chi connectivity index (χ0n) is 11.8. The van der Waals surface area contributed by atoms with Gasteiger partial charge < -0.3 is 10.0 Å². The summed E-state index contributed by atoms with van der Waals surface area (Å²) in [7, 11) is 0. The van der Waals surface area contributed by atoms with E-state index in [-0.39, 0.29) is 23.8 Å². The zero-order valence-corrected chi connectivity index (χ0v) is 12.6. The number of likely N-dealkylation sites (tertiary alicyclic amines) is 1. The van der Waals surface area contributed by atoms with E-state index in [0.717, 1.165) is 0 Å². The highest BCUT2D eigenvalue weighted by molar-refractivity contribution is 6.30. The largest absolute Gasteiger partial charge is 0.481 e. The molecule has 1 aliphatic rings. The van der Waals surface area contributed by atoms with Crippen molar-refractivity contribution in [1.82, 2.24) is 4.90 Å². The van der Waals surface area contributed by atoms with Gasteiger partial charge in [0.15, 0.2) is 0 Å². The van der Waals surface area contributed by atoms with Gasteiger partial charge in [-0.3, -0.25) is 9.59 Å². The van der Waals surface area contributed by atoms with Gasteiger partial charge in [0.05, 0.1) is 12.0 Å². The Balaban J connectivity index is 2.48. The number of carbonyl (C=O) groups excluding carboxylic acids is 1. The molecule has 2 atom stereocenters. The van der Waals surface area contributed by atoms with Crippen molar-refractivity contribution in [2.45, 2.75) is 26.3 Å². The van der Waals surface area contributed by atoms with Crippen LogP contribution in [0, 0.1) is 17.7 Å². The molecule has 1 amide bonds. The molecule has 0 bridgehead atoms. The van der Waals surface area contributed by atoms with Crippen molar-refractivity contribution < 1.29 is 19.1 Å². The molecule has 2 rings (SSSR count). The Morgan fingerprint density at radius 2 is 2.19 bits per heavy atom. The fraction of sp³-hybridized carbons (Fsp3) is 0.467. The summed E-state index contributed by atoms with van der Waals surface area (Å²) in [6.07, 6.45) is -0.112. The Kier molecular flexibility index (Phi) is 4.52. The molecule has 4 nitrogen and oxygen atoms in total. The number of carboxylic acid groups (broad SMARTS) is 1. The minimum absolute atomic E-state index is 0.112. The van der Waals surface area contributed by atoms with Gasteiger partial charge in [0, 0.05) is 23.6 Å². The molecule has 21 heavy (non-hydrogen) atoms. The first-order valence-corrected chi connectivity index (χ1v) is 7.16. The second-order valence-corrected chi connectivity index (χ2v) is 6.14. The molecule has 1 aromatic carbocycles. The number of hydrogen-bond donors (Lipinski definition) is 1. The standard InChI is InChI=1S/C15H17ClFNO3/c1-8(2)7-18-13(19)6-11(15(20)21)14(18)10-5-9(16)3-4-12(10)17/h3-5,8,11,14H,6-7H2,1-2H3,(H,20,21). The van der Waals surface area contributed by atoms with E-state index >= 15 is 0 Å². The van der Waals surface area contributed by atoms with Crippen LogP contribution in [0.2, 0.25) is 5.02 Å². The van der Waals surface area contributed by atoms with Crippen LogP contribution in [-0.4, -0.2) is 28.4 Å². The van der Waals surface area contributed by atoms with E-state index in [0.29, 0.717) is 11.6 Å². The predicted molar refractivity (Wildman–Crippen MR) is 76.4 cm³/mol. The minimum atomic E-state index is -1.10. The van der Waals surface area contributed by atoms with Crippen LogP contribution in [-0.2, 0) is 9.59 Å². The average Bonchev–Trinajstić information content (AvgIpc) is 2.70. The van der Waals surface area contributed by atoms with Gasteiger partial charge >= 0.3 is 5.97 Å². The number of amides is 1. The summed E-state index contributed by atoms with van der Waals surface area (Å²) in [6, 6.07) is 3.20. The van der Waals surface area contributed by atoms with Crippen molar-refractivity contribution in [2.75, 3.05) is 6.54 Å². The van der Waals surface area contributed by atoms with Gasteiger partial charge in [0.1, 0.15) is 5.82 Å². The topological polar surface area (TPSA) is 57.6 Å². The molecule has 1 aliphatic heterocycles. The van der Waals surface area contributed by atoms with E-state index in [1.807, 2.05) is 13.8 Å². The summed E-state index contributed by atoms with van der Waals surface area (Å²) in [4.78, 5) is 25.0. The molecule has 6 heteroatoms. The van der Waals surface area contributed by atoms with E-state index in [4.69, 9.17) is 11.6 Å². The van der Waals surface area contributed by atoms with Crippen molar-refractivity contribution in [3.63, 3.8) is 0 Å². The first kappa shape index (κ1) is 15.8. The highest BCUT2D eigenvalue weighted by atomic mass is 35.5. The van der Waals surface area contributed by atoms with Gasteiger partial charge in [-0.1, -0.05) is 25.4 Å². The number of aliphatic carboxylic acids is 1. The quantitative estimate of drug-likeness (QED) is 0.929. The Hall–Kier alpha value is -1.62. The monoisotopic (exact) mass is 313 g/mol. The maximum absolute atomic E-state index is 14.1. The van der Waals surface area contributed by atoms with E-state index in [1.165, 1.54) is 23.1 Å². The lowest BCUT2D eigenvalue weighted by atomic mass is 9.93. The lowest BCUT2D eigenvalue weighted by Crippen LogP contribution is -2.34. The SMILES string of the molecule is CC(C)CN1C(=O)CC(C(=O)O)C1c1cc(Cl)ccc1F. The Morgan fingerprint density at radius 3 is 2.76 bits per heavy atom. The number of halogens is 2. The van der Waals surface area contributed by atoms with Crippen LogP contribution in [0.3, 0.4) is 0 Å². The summed E-state index contributed by atoms with van der Waals surface area (Å²) < 4.78 is 14.1. The lowest BCUT2D eigenvalue weighted by Gasteiger charge is -2.29. The molecule has 1 heterocycles. The third kappa shape index (κ3) is 3.18. The Labute approximate surface area is 127 Å². The fourth-order valence-corrected chi connectivity index (χ4v) is 2.93. The van der Waals surface area contributed by atoms with Crippen LogP contribution in [0.5, 0.6) is 0 Å². The van der Waals surface area contributed by atoms with Crippen molar-refractivity contribution in [3.8, 4) is 0 Å². The Bertz CT molecular complexity index is 576. The summed E-state index contributed by atoms with van der Waals surface area (Å²) in [5.41, 5.74) is 0.168. The first-order valence-electron chi connectivity index (χ1n) is 6.78. The third-order valence-corrected chi connectivity index (χ3v) is 3.82. The molecular weight excluding hydrogens is 297 g/mol. The molecule has 114 valence electrons. The lowest BCUT2D eigenvalue weighted by molar-refractivity contribution is -0.142. The molecule has 0 spiro atoms. The van der Waals surface area contributed by atoms with Crippen molar-refractivity contribution >= 4 is 23.5 Å². The second kappa shape index (κ2) is 6.02. The normalized spacial score (nSPS) is 22.1. The maximum Gasteiger partial charge on any atom is 0.309 e. The van der Waals surface area contributed by atoms with E-state index < -0.39 is 23.7 Å². The highest BCUT2D eigenvalue weighted by Gasteiger charge is 2.45. The second-order valence-electron chi connectivity index (χ2n) is 5.70. The number of benzene rings is 1. The van der Waals surface area contributed by atoms with Gasteiger partial charge in [-0.05, 0) is 24.1 Å². The molecule has 0 saturated carbocycles. The van der Waals surface area contributed by atoms with Crippen LogP contribution in [0.25, 0.3) is 0 Å². The number of nitrogens with zero attached hydrogens (tertiary/aromatic N) is 1. The van der Waals surface area contributed by atoms with Gasteiger partial charge in [0.25, 0.3) is 0 Å². The van der Waals surface area contributed by atoms with Crippen LogP contribution in [0.4, 0.5) is 4.39 Å². The highest BCUT2D eigenvalue weighted by Crippen LogP contribution is 2.40. The summed E-state index contributed by atoms with van der Waals surface area (Å²) in [5, 5.41) is 9.66. The van der Waals surface area contributed by atoms with E-state index in [9.17, 15) is 19.1 Å². The van der Waals surface area contributed by atoms with E-state index in [1.54, 1.807) is 0 Å². The number of hydrogen-bond acceptors (Lipinski definition) is 2. The molecule has 0 aliphatic carbocycles. The van der Waals surface area contributed by atoms with Gasteiger partial charge in [0.2, 0.25) is 5.91 Å². The van der Waals surface area contributed by atoms with Gasteiger partial charge in [-0.25, -0.2) is 4.39 Å². The maximum atomic E-state index is 14.1. The molecule has 1 aromatic rings. The third-order valence-electron chi connectivity index (χ3n) is 3.59. The van der Waals surface area contributed by atoms with Crippen molar-refractivity contribution in [3.05, 3.63) is 34.6 Å². The fourth-order valence-electron chi connectivity index (χ4n) is 2.75. The van der Waals surface area contributed by atoms with E-state index in [2.05, 4.69) is 0 Å². The molecule has 1 N–H and O–H groups in total. The Morgan fingerprint density at radius 1 is 1.52 bits per heavy atom. The van der Waals surface area contributed by atoms with Gasteiger partial charge in [-0.15, -0.1) is 0 Å². The van der Waals surface area contributed by atoms with Crippen molar-refractivity contribution in [2.24, 2.45) is 11.8 Å². The molecule has 1 fully saturated rings. The van der Waals surface area contributed by atoms with Gasteiger partial charge in [-0.2, -0.15) is 0 Å². The molecule has 2 unspecified atom stereocenters. The summed E-state index contributed by atoms with van der Waals surface area (Å²) >= 11 is 5.89. The van der Waals surface area contributed by atoms with Crippen LogP contribution < -0.4 is 0 Å². The molecule has 0 aromatic heterocycles. The molecule has 1 saturated heterocycles. The number of rotatable bonds is 4. The number of carbonyl (C=O) groups is 2. The summed E-state index contributed by atoms with van der Waals surface area (Å²) in [5.74, 6) is -2.70. The van der Waals surface area contributed by atoms with Crippen LogP contribution in [0.1, 0.15) is 31.9 Å². The molecular formula is C15H17ClFNO3. The van der Waals surface area contributed by atoms with Crippen molar-refractivity contribution in [1.29, 1.82) is 0 Å². The smallest absolute Gasteiger partial charge is 0.309 e. The summed E-state index contributed by atoms with van der Waals surface area (Å²) in [6.45, 7) is 4.23. The van der Waals surface area contributed by atoms with Crippen LogP contribution >= 0.6 is 11.6 Å². The number of carboxylic acids is 1. The first-order chi connectivity index (χ1) is 9.81. The van der Waals surface area contributed by atoms with Crippen LogP contribution in [0.15, 0.2) is 18.2 Å². The predicted octanol–water partition coefficient (Wildman–Crippen LogP) is 3.11. The zero-order chi connectivity index (χ0) is 15.7. The minimum Gasteiger partial charge on any atom is -0.481 e. The molecule has 0 radical (unpaired) electrons.